The fourth-order valence-corrected chi connectivity index (χ4v) is 3.19. The van der Waals surface area contributed by atoms with E-state index >= 15 is 0 Å². The lowest BCUT2D eigenvalue weighted by molar-refractivity contribution is 0.0995. The van der Waals surface area contributed by atoms with Crippen LogP contribution in [0.4, 0.5) is 5.82 Å². The minimum atomic E-state index is -0.601. The smallest absolute Gasteiger partial charge is 0.270 e. The Balaban J connectivity index is 1.51. The number of benzene rings is 1. The fourth-order valence-electron chi connectivity index (χ4n) is 3.03. The lowest BCUT2D eigenvalue weighted by atomic mass is 10.0. The Morgan fingerprint density at radius 1 is 1.38 bits per heavy atom. The fraction of sp³-hybridized carbons (Fsp3) is 0.312. The molecule has 26 heavy (non-hydrogen) atoms. The summed E-state index contributed by atoms with van der Waals surface area (Å²) in [7, 11) is 0. The molecule has 10 heteroatoms. The number of aromatic nitrogens is 5. The zero-order chi connectivity index (χ0) is 18.1. The van der Waals surface area contributed by atoms with Crippen LogP contribution in [0.3, 0.4) is 0 Å². The Morgan fingerprint density at radius 3 is 3.08 bits per heavy atom. The van der Waals surface area contributed by atoms with Crippen molar-refractivity contribution >= 4 is 34.2 Å². The number of nitrogens with two attached hydrogens (primary N) is 1. The van der Waals surface area contributed by atoms with Crippen molar-refractivity contribution in [3.8, 4) is 0 Å². The largest absolute Gasteiger partial charge is 0.379 e. The van der Waals surface area contributed by atoms with Crippen molar-refractivity contribution in [2.24, 2.45) is 11.7 Å². The van der Waals surface area contributed by atoms with Crippen LogP contribution in [-0.4, -0.2) is 50.6 Å². The Labute approximate surface area is 153 Å². The molecule has 3 aromatic rings. The monoisotopic (exact) mass is 373 g/mol. The van der Waals surface area contributed by atoms with Gasteiger partial charge >= 0.3 is 0 Å². The topological polar surface area (TPSA) is 121 Å². The molecule has 1 aromatic carbocycles. The zero-order valence-corrected chi connectivity index (χ0v) is 14.4. The van der Waals surface area contributed by atoms with Crippen molar-refractivity contribution in [3.05, 3.63) is 41.4 Å². The third kappa shape index (κ3) is 3.18. The number of nitrogens with zero attached hydrogens (tertiary/aromatic N) is 5. The van der Waals surface area contributed by atoms with Gasteiger partial charge in [-0.25, -0.2) is 14.6 Å². The molecule has 0 saturated carbocycles. The van der Waals surface area contributed by atoms with Crippen LogP contribution < -0.4 is 11.1 Å². The number of carbonyl (C=O) groups is 1. The van der Waals surface area contributed by atoms with Gasteiger partial charge in [-0.3, -0.25) is 4.79 Å². The summed E-state index contributed by atoms with van der Waals surface area (Å²) in [5.41, 5.74) is 6.15. The van der Waals surface area contributed by atoms with Gasteiger partial charge in [0.1, 0.15) is 12.1 Å². The van der Waals surface area contributed by atoms with Gasteiger partial charge in [0.15, 0.2) is 5.69 Å². The van der Waals surface area contributed by atoms with Crippen molar-refractivity contribution in [2.75, 3.05) is 25.1 Å². The van der Waals surface area contributed by atoms with Crippen LogP contribution in [0.15, 0.2) is 30.7 Å². The molecule has 3 N–H and O–H groups in total. The first kappa shape index (κ1) is 16.7. The molecule has 2 atom stereocenters. The number of hydrogen-bond acceptors (Lipinski definition) is 7. The second-order valence-electron chi connectivity index (χ2n) is 6.08. The number of fused-ring (bicyclic) bond motifs is 1. The van der Waals surface area contributed by atoms with Gasteiger partial charge in [-0.2, -0.15) is 0 Å². The maximum Gasteiger partial charge on any atom is 0.270 e. The van der Waals surface area contributed by atoms with Gasteiger partial charge in [0.25, 0.3) is 5.91 Å². The standard InChI is InChI=1S/C16H16ClN7O2/c17-10-1-2-11-12(3-10)20-8-21-16(11)19-4-9-6-26-7-14(9)24-5-13(15(18)25)22-23-24/h1-3,5,8-9,14H,4,6-7H2,(H2,18,25)(H,19,20,21)/t9-,14-/m1/s1. The number of anilines is 1. The third-order valence-corrected chi connectivity index (χ3v) is 4.63. The van der Waals surface area contributed by atoms with E-state index in [9.17, 15) is 4.79 Å². The van der Waals surface area contributed by atoms with E-state index in [1.807, 2.05) is 6.07 Å². The van der Waals surface area contributed by atoms with E-state index < -0.39 is 5.91 Å². The second-order valence-corrected chi connectivity index (χ2v) is 6.51. The summed E-state index contributed by atoms with van der Waals surface area (Å²) in [4.78, 5) is 19.8. The molecule has 1 amide bonds. The van der Waals surface area contributed by atoms with Gasteiger partial charge in [0.05, 0.1) is 31.0 Å². The maximum absolute atomic E-state index is 11.2. The molecule has 0 radical (unpaired) electrons. The highest BCUT2D eigenvalue weighted by Gasteiger charge is 2.31. The highest BCUT2D eigenvalue weighted by atomic mass is 35.5. The van der Waals surface area contributed by atoms with Gasteiger partial charge in [-0.1, -0.05) is 16.8 Å². The van der Waals surface area contributed by atoms with Gasteiger partial charge in [0, 0.05) is 22.9 Å². The summed E-state index contributed by atoms with van der Waals surface area (Å²) in [5.74, 6) is 0.263. The minimum Gasteiger partial charge on any atom is -0.379 e. The summed E-state index contributed by atoms with van der Waals surface area (Å²) in [5, 5.41) is 12.7. The van der Waals surface area contributed by atoms with Gasteiger partial charge in [-0.05, 0) is 18.2 Å². The normalized spacial score (nSPS) is 19.7. The molecular weight excluding hydrogens is 358 g/mol. The molecule has 1 aliphatic rings. The van der Waals surface area contributed by atoms with E-state index in [4.69, 9.17) is 22.1 Å². The van der Waals surface area contributed by atoms with E-state index in [0.717, 1.165) is 16.7 Å². The number of carbonyl (C=O) groups excluding carboxylic acids is 1. The first-order valence-electron chi connectivity index (χ1n) is 8.05. The number of amides is 1. The molecule has 1 fully saturated rings. The predicted molar refractivity (Wildman–Crippen MR) is 94.9 cm³/mol. The van der Waals surface area contributed by atoms with E-state index in [1.165, 1.54) is 6.33 Å². The van der Waals surface area contributed by atoms with Gasteiger partial charge in [-0.15, -0.1) is 5.10 Å². The molecule has 0 bridgehead atoms. The Hall–Kier alpha value is -2.78. The zero-order valence-electron chi connectivity index (χ0n) is 13.7. The quantitative estimate of drug-likeness (QED) is 0.690. The van der Waals surface area contributed by atoms with E-state index in [-0.39, 0.29) is 17.7 Å². The van der Waals surface area contributed by atoms with Crippen LogP contribution >= 0.6 is 11.6 Å². The van der Waals surface area contributed by atoms with Crippen LogP contribution in [0.5, 0.6) is 0 Å². The Morgan fingerprint density at radius 2 is 2.27 bits per heavy atom. The summed E-state index contributed by atoms with van der Waals surface area (Å²) >= 11 is 6.02. The number of primary amides is 1. The number of rotatable bonds is 5. The number of halogens is 1. The first-order valence-corrected chi connectivity index (χ1v) is 8.43. The Bertz CT molecular complexity index is 961. The van der Waals surface area contributed by atoms with E-state index in [2.05, 4.69) is 25.6 Å². The SMILES string of the molecule is NC(=O)c1cn([C@@H]2COC[C@H]2CNc2ncnc3cc(Cl)ccc23)nn1. The number of hydrogen-bond donors (Lipinski definition) is 2. The number of ether oxygens (including phenoxy) is 1. The van der Waals surface area contributed by atoms with Crippen molar-refractivity contribution in [1.29, 1.82) is 0 Å². The van der Waals surface area contributed by atoms with Gasteiger partial charge < -0.3 is 15.8 Å². The molecule has 4 rings (SSSR count). The van der Waals surface area contributed by atoms with E-state index in [1.54, 1.807) is 23.0 Å². The van der Waals surface area contributed by atoms with E-state index in [0.29, 0.717) is 24.8 Å². The molecular formula is C16H16ClN7O2. The molecule has 0 aliphatic carbocycles. The van der Waals surface area contributed by atoms with Crippen LogP contribution in [0.1, 0.15) is 16.5 Å². The van der Waals surface area contributed by atoms with Crippen molar-refractivity contribution in [1.82, 2.24) is 25.0 Å². The predicted octanol–water partition coefficient (Wildman–Crippen LogP) is 1.27. The highest BCUT2D eigenvalue weighted by molar-refractivity contribution is 6.31. The molecule has 2 aromatic heterocycles. The lowest BCUT2D eigenvalue weighted by Crippen LogP contribution is -2.25. The molecule has 0 spiro atoms. The molecule has 1 aliphatic heterocycles. The van der Waals surface area contributed by atoms with Crippen molar-refractivity contribution in [3.63, 3.8) is 0 Å². The van der Waals surface area contributed by atoms with Crippen LogP contribution in [0.25, 0.3) is 10.9 Å². The molecule has 1 saturated heterocycles. The maximum atomic E-state index is 11.2. The molecule has 0 unspecified atom stereocenters. The summed E-state index contributed by atoms with van der Waals surface area (Å²) in [6, 6.07) is 5.46. The first-order chi connectivity index (χ1) is 12.6. The summed E-state index contributed by atoms with van der Waals surface area (Å²) < 4.78 is 7.23. The van der Waals surface area contributed by atoms with Crippen LogP contribution in [0.2, 0.25) is 5.02 Å². The second kappa shape index (κ2) is 6.85. The van der Waals surface area contributed by atoms with Crippen LogP contribution in [0, 0.1) is 5.92 Å². The van der Waals surface area contributed by atoms with Crippen molar-refractivity contribution < 1.29 is 9.53 Å². The third-order valence-electron chi connectivity index (χ3n) is 4.40. The average Bonchev–Trinajstić information content (AvgIpc) is 3.28. The van der Waals surface area contributed by atoms with Crippen LogP contribution in [-0.2, 0) is 4.74 Å². The van der Waals surface area contributed by atoms with Crippen molar-refractivity contribution in [2.45, 2.75) is 6.04 Å². The number of nitrogens with one attached hydrogen (secondary N) is 1. The Kier molecular flexibility index (Phi) is 4.39. The summed E-state index contributed by atoms with van der Waals surface area (Å²) in [6.07, 6.45) is 3.05. The molecule has 134 valence electrons. The molecule has 3 heterocycles. The van der Waals surface area contributed by atoms with Gasteiger partial charge in [0.2, 0.25) is 0 Å². The molecule has 9 nitrogen and oxygen atoms in total. The summed E-state index contributed by atoms with van der Waals surface area (Å²) in [6.45, 7) is 1.68. The minimum absolute atomic E-state index is 0.0364. The highest BCUT2D eigenvalue weighted by Crippen LogP contribution is 2.27. The lowest BCUT2D eigenvalue weighted by Gasteiger charge is -2.18. The average molecular weight is 374 g/mol.